The molecule has 0 atom stereocenters. The van der Waals surface area contributed by atoms with Crippen LogP contribution >= 0.6 is 0 Å². The Hall–Kier alpha value is -3.19. The number of hydrogen-bond donors (Lipinski definition) is 0. The van der Waals surface area contributed by atoms with Crippen LogP contribution in [0.5, 0.6) is 5.75 Å². The molecule has 53 heavy (non-hydrogen) atoms. The molecule has 0 aromatic heterocycles. The molecule has 6 nitrogen and oxygen atoms in total. The van der Waals surface area contributed by atoms with Gasteiger partial charge < -0.3 is 24.1 Å². The van der Waals surface area contributed by atoms with Gasteiger partial charge in [0, 0.05) is 24.2 Å². The smallest absolute Gasteiger partial charge is 0.135 e. The van der Waals surface area contributed by atoms with E-state index < -0.39 is 12.5 Å². The van der Waals surface area contributed by atoms with E-state index in [1.54, 1.807) is 0 Å². The number of carbonyl (C=O) groups excluding carboxylic acids is 1. The predicted octanol–water partition coefficient (Wildman–Crippen LogP) is 10.7. The van der Waals surface area contributed by atoms with E-state index in [4.69, 9.17) is 17.0 Å². The summed E-state index contributed by atoms with van der Waals surface area (Å²) in [7, 11) is 0. The van der Waals surface area contributed by atoms with Crippen molar-refractivity contribution in [1.29, 1.82) is 0 Å². The Morgan fingerprint density at radius 2 is 1.06 bits per heavy atom. The van der Waals surface area contributed by atoms with Crippen molar-refractivity contribution in [1.82, 2.24) is 4.90 Å². The molecule has 0 saturated heterocycles. The van der Waals surface area contributed by atoms with Gasteiger partial charge in [-0.15, -0.1) is 0 Å². The van der Waals surface area contributed by atoms with E-state index in [1.165, 1.54) is 103 Å². The third-order valence-electron chi connectivity index (χ3n) is 10.3. The minimum Gasteiger partial charge on any atom is -0.546 e. The maximum absolute atomic E-state index is 11.8. The highest BCUT2D eigenvalue weighted by molar-refractivity contribution is 5.84. The van der Waals surface area contributed by atoms with Crippen LogP contribution in [-0.4, -0.2) is 50.3 Å². The van der Waals surface area contributed by atoms with Crippen molar-refractivity contribution in [3.8, 4) is 28.0 Å². The van der Waals surface area contributed by atoms with Gasteiger partial charge in [0.2, 0.25) is 0 Å². The van der Waals surface area contributed by atoms with E-state index in [-0.39, 0.29) is 5.75 Å². The number of rotatable bonds is 20. The molecule has 0 unspecified atom stereocenters. The van der Waals surface area contributed by atoms with Gasteiger partial charge in [0.05, 0.1) is 35.1 Å². The van der Waals surface area contributed by atoms with Gasteiger partial charge in [-0.25, -0.2) is 0 Å². The van der Waals surface area contributed by atoms with Crippen molar-refractivity contribution >= 4 is 5.97 Å². The predicted molar refractivity (Wildman–Crippen MR) is 217 cm³/mol. The van der Waals surface area contributed by atoms with Crippen molar-refractivity contribution in [2.24, 2.45) is 0 Å². The first-order valence-electron chi connectivity index (χ1n) is 21.7. The Kier molecular flexibility index (Phi) is 18.1. The van der Waals surface area contributed by atoms with Crippen LogP contribution in [-0.2, 0) is 27.5 Å². The standard InChI is InChI=1S/C47H69NO5/c1-5-6-7-8-9-10-11-12-13-14-15-16-17-18-19-20-21-48-22-24-51-34-40-26-37(2)28-42(32-40)44-30-39(4)31-45(47(44)53-36-46(49)50)43-29-38(3)27-41(33-43)35-52-25-23-48/h26-33H,5-25,34-36H2,1-4H3,(H,49,50)/p-1/i36D2. The van der Waals surface area contributed by atoms with Gasteiger partial charge in [0.15, 0.2) is 0 Å². The van der Waals surface area contributed by atoms with Crippen LogP contribution in [0, 0.1) is 20.8 Å². The van der Waals surface area contributed by atoms with Crippen molar-refractivity contribution in [3.63, 3.8) is 0 Å². The van der Waals surface area contributed by atoms with E-state index in [0.29, 0.717) is 37.6 Å². The maximum Gasteiger partial charge on any atom is 0.135 e. The lowest BCUT2D eigenvalue weighted by Gasteiger charge is -2.23. The lowest BCUT2D eigenvalue weighted by molar-refractivity contribution is -0.307. The summed E-state index contributed by atoms with van der Waals surface area (Å²) >= 11 is 0. The number of carboxylic acid groups (broad SMARTS) is 1. The van der Waals surface area contributed by atoms with Crippen LogP contribution in [0.4, 0.5) is 0 Å². The SMILES string of the molecule is [2H]C([2H])(Oc1c2cc(C)cc1-c1cc(C)cc(c1)COCCN(CCCCCCCCCCCCCCCCCC)CCOCc1cc(C)cc-2c1)C(=O)[O-]. The maximum atomic E-state index is 11.8. The zero-order valence-corrected chi connectivity index (χ0v) is 33.4. The van der Waals surface area contributed by atoms with Gasteiger partial charge in [0.25, 0.3) is 0 Å². The number of ether oxygens (including phenoxy) is 3. The minimum absolute atomic E-state index is 0.153. The molecule has 0 aliphatic carbocycles. The first-order valence-corrected chi connectivity index (χ1v) is 20.7. The number of fused-ring (bicyclic) bond motifs is 8. The Bertz CT molecular complexity index is 1530. The highest BCUT2D eigenvalue weighted by atomic mass is 16.5. The van der Waals surface area contributed by atoms with Crippen LogP contribution in [0.2, 0.25) is 0 Å². The van der Waals surface area contributed by atoms with Crippen LogP contribution in [0.15, 0.2) is 48.5 Å². The fourth-order valence-corrected chi connectivity index (χ4v) is 7.59. The molecule has 4 rings (SSSR count). The molecule has 1 aliphatic rings. The molecule has 0 fully saturated rings. The molecule has 1 heterocycles. The number of aliphatic carboxylic acids is 1. The summed E-state index contributed by atoms with van der Waals surface area (Å²) in [4.78, 5) is 14.3. The average Bonchev–Trinajstić information content (AvgIpc) is 3.14. The molecule has 0 spiro atoms. The normalized spacial score (nSPS) is 14.9. The fraction of sp³-hybridized carbons (Fsp3) is 0.596. The summed E-state index contributed by atoms with van der Waals surface area (Å²) in [6.45, 7) is 9.97. The summed E-state index contributed by atoms with van der Waals surface area (Å²) in [5, 5.41) is 11.8. The molecule has 6 heteroatoms. The Morgan fingerprint density at radius 1 is 0.642 bits per heavy atom. The summed E-state index contributed by atoms with van der Waals surface area (Å²) in [6.07, 6.45) is 21.8. The molecule has 0 saturated carbocycles. The van der Waals surface area contributed by atoms with Gasteiger partial charge in [0.1, 0.15) is 12.3 Å². The number of carboxylic acids is 1. The van der Waals surface area contributed by atoms with Gasteiger partial charge in [-0.05, 0) is 85.8 Å². The summed E-state index contributed by atoms with van der Waals surface area (Å²) < 4.78 is 34.5. The first kappa shape index (κ1) is 39.5. The summed E-state index contributed by atoms with van der Waals surface area (Å²) in [6, 6.07) is 16.1. The topological polar surface area (TPSA) is 71.1 Å². The zero-order chi connectivity index (χ0) is 39.5. The number of hydrogen-bond acceptors (Lipinski definition) is 6. The van der Waals surface area contributed by atoms with E-state index in [2.05, 4.69) is 24.0 Å². The quantitative estimate of drug-likeness (QED) is 0.108. The zero-order valence-electron chi connectivity index (χ0n) is 35.4. The number of nitrogens with zero attached hydrogens (tertiary/aromatic N) is 1. The number of carbonyl (C=O) groups is 1. The molecule has 0 amide bonds. The molecule has 3 aromatic carbocycles. The molecular weight excluding hydrogens is 659 g/mol. The summed E-state index contributed by atoms with van der Waals surface area (Å²) in [5.74, 6) is -1.78. The molecular formula is C47H68NO5-. The molecule has 1 aliphatic heterocycles. The van der Waals surface area contributed by atoms with E-state index >= 15 is 0 Å². The average molecular weight is 729 g/mol. The first-order chi connectivity index (χ1) is 26.6. The van der Waals surface area contributed by atoms with E-state index in [1.807, 2.05) is 57.2 Å². The number of benzene rings is 3. The van der Waals surface area contributed by atoms with Gasteiger partial charge in [-0.1, -0.05) is 139 Å². The molecule has 292 valence electrons. The Morgan fingerprint density at radius 3 is 1.49 bits per heavy atom. The highest BCUT2D eigenvalue weighted by Crippen LogP contribution is 2.41. The van der Waals surface area contributed by atoms with Crippen LogP contribution in [0.1, 0.15) is 140 Å². The van der Waals surface area contributed by atoms with Crippen LogP contribution in [0.3, 0.4) is 0 Å². The molecule has 0 N–H and O–H groups in total. The lowest BCUT2D eigenvalue weighted by Crippen LogP contribution is -2.32. The summed E-state index contributed by atoms with van der Waals surface area (Å²) in [5.41, 5.74) is 7.75. The largest absolute Gasteiger partial charge is 0.546 e. The van der Waals surface area contributed by atoms with E-state index in [9.17, 15) is 9.90 Å². The second-order valence-corrected chi connectivity index (χ2v) is 15.3. The second kappa shape index (κ2) is 24.3. The number of unbranched alkanes of at least 4 members (excludes halogenated alkanes) is 15. The fourth-order valence-electron chi connectivity index (χ4n) is 7.59. The van der Waals surface area contributed by atoms with Crippen molar-refractivity contribution in [2.45, 2.75) is 144 Å². The third kappa shape index (κ3) is 16.0. The van der Waals surface area contributed by atoms with Crippen molar-refractivity contribution in [2.75, 3.05) is 39.4 Å². The number of aryl methyl sites for hydroxylation is 3. The van der Waals surface area contributed by atoms with Gasteiger partial charge in [-0.2, -0.15) is 0 Å². The van der Waals surface area contributed by atoms with Crippen molar-refractivity contribution in [3.05, 3.63) is 76.3 Å². The monoisotopic (exact) mass is 729 g/mol. The third-order valence-corrected chi connectivity index (χ3v) is 10.3. The van der Waals surface area contributed by atoms with Crippen LogP contribution < -0.4 is 9.84 Å². The van der Waals surface area contributed by atoms with Crippen molar-refractivity contribution < 1.29 is 26.9 Å². The van der Waals surface area contributed by atoms with E-state index in [0.717, 1.165) is 58.6 Å². The Labute approximate surface area is 324 Å². The molecule has 6 bridgehead atoms. The second-order valence-electron chi connectivity index (χ2n) is 15.3. The highest BCUT2D eigenvalue weighted by Gasteiger charge is 2.18. The molecule has 0 radical (unpaired) electrons. The minimum atomic E-state index is -3.04. The Balaban J connectivity index is 1.36. The van der Waals surface area contributed by atoms with Gasteiger partial charge >= 0.3 is 0 Å². The lowest BCUT2D eigenvalue weighted by atomic mass is 9.92. The van der Waals surface area contributed by atoms with Crippen LogP contribution in [0.25, 0.3) is 22.3 Å². The molecule has 3 aromatic rings. The van der Waals surface area contributed by atoms with Gasteiger partial charge in [-0.3, -0.25) is 4.90 Å².